The number of anilines is 2. The molecule has 114 valence electrons. The number of sulfonamides is 1. The second-order valence-electron chi connectivity index (χ2n) is 4.42. The highest BCUT2D eigenvalue weighted by Crippen LogP contribution is 2.26. The van der Waals surface area contributed by atoms with Gasteiger partial charge in [0.25, 0.3) is 0 Å². The van der Waals surface area contributed by atoms with Crippen molar-refractivity contribution in [3.63, 3.8) is 0 Å². The summed E-state index contributed by atoms with van der Waals surface area (Å²) in [5.41, 5.74) is 6.46. The number of benzene rings is 1. The van der Waals surface area contributed by atoms with Gasteiger partial charge in [0.2, 0.25) is 10.0 Å². The van der Waals surface area contributed by atoms with Crippen LogP contribution >= 0.6 is 0 Å². The number of nitrogen functional groups attached to an aromatic ring is 1. The SMILES string of the molecule is CNS(=O)(=O)c1cc(N)ccc1N(C)CC(O)COC. The first-order valence-electron chi connectivity index (χ1n) is 6.03. The first-order valence-corrected chi connectivity index (χ1v) is 7.51. The van der Waals surface area contributed by atoms with Crippen LogP contribution in [0.3, 0.4) is 0 Å². The molecular weight excluding hydrogens is 282 g/mol. The third-order valence-corrected chi connectivity index (χ3v) is 4.24. The zero-order chi connectivity index (χ0) is 15.3. The molecule has 0 spiro atoms. The number of methoxy groups -OCH3 is 1. The molecule has 1 rings (SSSR count). The van der Waals surface area contributed by atoms with E-state index in [1.54, 1.807) is 24.1 Å². The number of hydrogen-bond acceptors (Lipinski definition) is 6. The van der Waals surface area contributed by atoms with E-state index in [9.17, 15) is 13.5 Å². The van der Waals surface area contributed by atoms with Gasteiger partial charge in [0.15, 0.2) is 0 Å². The molecule has 1 aromatic rings. The number of ether oxygens (including phenoxy) is 1. The highest BCUT2D eigenvalue weighted by atomic mass is 32.2. The van der Waals surface area contributed by atoms with Gasteiger partial charge in [0.1, 0.15) is 4.90 Å². The molecule has 0 amide bonds. The summed E-state index contributed by atoms with van der Waals surface area (Å²) in [6.07, 6.45) is -0.715. The maximum absolute atomic E-state index is 12.0. The molecule has 1 unspecified atom stereocenters. The molecule has 0 aliphatic heterocycles. The summed E-state index contributed by atoms with van der Waals surface area (Å²) < 4.78 is 31.1. The molecule has 0 heterocycles. The topological polar surface area (TPSA) is 105 Å². The Morgan fingerprint density at radius 3 is 2.70 bits per heavy atom. The quantitative estimate of drug-likeness (QED) is 0.593. The number of likely N-dealkylation sites (N-methyl/N-ethyl adjacent to an activating group) is 1. The summed E-state index contributed by atoms with van der Waals surface area (Å²) in [6, 6.07) is 4.61. The van der Waals surface area contributed by atoms with E-state index in [0.717, 1.165) is 0 Å². The van der Waals surface area contributed by atoms with Crippen molar-refractivity contribution in [3.8, 4) is 0 Å². The van der Waals surface area contributed by atoms with Crippen LogP contribution in [-0.2, 0) is 14.8 Å². The minimum Gasteiger partial charge on any atom is -0.399 e. The van der Waals surface area contributed by atoms with Gasteiger partial charge in [-0.05, 0) is 25.2 Å². The normalized spacial score (nSPS) is 13.2. The van der Waals surface area contributed by atoms with E-state index in [2.05, 4.69) is 4.72 Å². The van der Waals surface area contributed by atoms with Crippen LogP contribution in [0.5, 0.6) is 0 Å². The number of rotatable bonds is 7. The first-order chi connectivity index (χ1) is 9.31. The van der Waals surface area contributed by atoms with Gasteiger partial charge in [-0.1, -0.05) is 0 Å². The number of nitrogens with zero attached hydrogens (tertiary/aromatic N) is 1. The fraction of sp³-hybridized carbons (Fsp3) is 0.500. The summed E-state index contributed by atoms with van der Waals surface area (Å²) in [5, 5.41) is 9.73. The molecule has 0 radical (unpaired) electrons. The third kappa shape index (κ3) is 4.07. The molecule has 4 N–H and O–H groups in total. The zero-order valence-electron chi connectivity index (χ0n) is 11.8. The van der Waals surface area contributed by atoms with Gasteiger partial charge in [-0.25, -0.2) is 13.1 Å². The molecular formula is C12H21N3O4S. The van der Waals surface area contributed by atoms with Crippen LogP contribution < -0.4 is 15.4 Å². The van der Waals surface area contributed by atoms with Gasteiger partial charge in [-0.3, -0.25) is 0 Å². The molecule has 0 fully saturated rings. The van der Waals surface area contributed by atoms with Crippen molar-refractivity contribution in [3.05, 3.63) is 18.2 Å². The molecule has 0 bridgehead atoms. The van der Waals surface area contributed by atoms with Gasteiger partial charge in [-0.15, -0.1) is 0 Å². The highest BCUT2D eigenvalue weighted by Gasteiger charge is 2.20. The van der Waals surface area contributed by atoms with Crippen molar-refractivity contribution < 1.29 is 18.3 Å². The fourth-order valence-electron chi connectivity index (χ4n) is 1.83. The standard InChI is InChI=1S/C12H21N3O4S/c1-14-20(17,18)12-6-9(13)4-5-11(12)15(2)7-10(16)8-19-3/h4-6,10,14,16H,7-8,13H2,1-3H3. The van der Waals surface area contributed by atoms with Crippen molar-refractivity contribution in [2.75, 3.05) is 45.0 Å². The maximum Gasteiger partial charge on any atom is 0.242 e. The van der Waals surface area contributed by atoms with Crippen molar-refractivity contribution >= 4 is 21.4 Å². The van der Waals surface area contributed by atoms with Crippen LogP contribution in [0.1, 0.15) is 0 Å². The zero-order valence-corrected chi connectivity index (χ0v) is 12.6. The summed E-state index contributed by atoms with van der Waals surface area (Å²) >= 11 is 0. The predicted octanol–water partition coefficient (Wildman–Crippen LogP) is -0.380. The average Bonchev–Trinajstić information content (AvgIpc) is 2.38. The first kappa shape index (κ1) is 16.7. The van der Waals surface area contributed by atoms with Crippen LogP contribution in [0, 0.1) is 0 Å². The Labute approximate surface area is 119 Å². The van der Waals surface area contributed by atoms with Crippen molar-refractivity contribution in [2.45, 2.75) is 11.0 Å². The molecule has 0 aliphatic rings. The lowest BCUT2D eigenvalue weighted by Gasteiger charge is -2.24. The van der Waals surface area contributed by atoms with Gasteiger partial charge in [0, 0.05) is 26.4 Å². The Bertz CT molecular complexity index is 548. The maximum atomic E-state index is 12.0. The second kappa shape index (κ2) is 6.89. The summed E-state index contributed by atoms with van der Waals surface area (Å²) in [7, 11) is 0.889. The van der Waals surface area contributed by atoms with E-state index in [4.69, 9.17) is 10.5 Å². The van der Waals surface area contributed by atoms with Crippen LogP contribution in [0.2, 0.25) is 0 Å². The highest BCUT2D eigenvalue weighted by molar-refractivity contribution is 7.89. The van der Waals surface area contributed by atoms with Crippen molar-refractivity contribution in [1.82, 2.24) is 4.72 Å². The number of nitrogens with one attached hydrogen (secondary N) is 1. The Morgan fingerprint density at radius 2 is 2.15 bits per heavy atom. The number of nitrogens with two attached hydrogens (primary N) is 1. The van der Waals surface area contributed by atoms with Gasteiger partial charge >= 0.3 is 0 Å². The van der Waals surface area contributed by atoms with E-state index in [-0.39, 0.29) is 18.0 Å². The second-order valence-corrected chi connectivity index (χ2v) is 6.28. The minimum atomic E-state index is -3.63. The lowest BCUT2D eigenvalue weighted by atomic mass is 10.2. The van der Waals surface area contributed by atoms with Crippen LogP contribution in [0.4, 0.5) is 11.4 Å². The molecule has 1 atom stereocenters. The Morgan fingerprint density at radius 1 is 1.50 bits per heavy atom. The van der Waals surface area contributed by atoms with E-state index >= 15 is 0 Å². The van der Waals surface area contributed by atoms with Gasteiger partial charge in [0.05, 0.1) is 18.4 Å². The number of aliphatic hydroxyl groups is 1. The Balaban J connectivity index is 3.12. The molecule has 8 heteroatoms. The third-order valence-electron chi connectivity index (χ3n) is 2.80. The van der Waals surface area contributed by atoms with Crippen molar-refractivity contribution in [1.29, 1.82) is 0 Å². The van der Waals surface area contributed by atoms with Gasteiger partial charge < -0.3 is 20.5 Å². The van der Waals surface area contributed by atoms with E-state index in [0.29, 0.717) is 11.4 Å². The van der Waals surface area contributed by atoms with Crippen LogP contribution in [0.25, 0.3) is 0 Å². The van der Waals surface area contributed by atoms with E-state index in [1.807, 2.05) is 0 Å². The summed E-state index contributed by atoms with van der Waals surface area (Å²) in [4.78, 5) is 1.72. The van der Waals surface area contributed by atoms with Crippen LogP contribution in [0.15, 0.2) is 23.1 Å². The fourth-order valence-corrected chi connectivity index (χ4v) is 2.84. The monoisotopic (exact) mass is 303 g/mol. The molecule has 0 aliphatic carbocycles. The minimum absolute atomic E-state index is 0.0760. The van der Waals surface area contributed by atoms with E-state index < -0.39 is 16.1 Å². The number of hydrogen-bond donors (Lipinski definition) is 3. The summed E-state index contributed by atoms with van der Waals surface area (Å²) in [5.74, 6) is 0. The largest absolute Gasteiger partial charge is 0.399 e. The Hall–Kier alpha value is -1.35. The summed E-state index contributed by atoms with van der Waals surface area (Å²) in [6.45, 7) is 0.414. The molecule has 0 saturated carbocycles. The lowest BCUT2D eigenvalue weighted by molar-refractivity contribution is 0.0694. The smallest absolute Gasteiger partial charge is 0.242 e. The molecule has 7 nitrogen and oxygen atoms in total. The van der Waals surface area contributed by atoms with E-state index in [1.165, 1.54) is 20.2 Å². The number of aliphatic hydroxyl groups excluding tert-OH is 1. The average molecular weight is 303 g/mol. The van der Waals surface area contributed by atoms with Gasteiger partial charge in [-0.2, -0.15) is 0 Å². The van der Waals surface area contributed by atoms with Crippen LogP contribution in [-0.4, -0.2) is 54.0 Å². The van der Waals surface area contributed by atoms with Crippen molar-refractivity contribution in [2.24, 2.45) is 0 Å². The Kier molecular flexibility index (Phi) is 5.75. The molecule has 0 aromatic heterocycles. The molecule has 0 saturated heterocycles. The molecule has 1 aromatic carbocycles. The lowest BCUT2D eigenvalue weighted by Crippen LogP contribution is -2.33. The predicted molar refractivity (Wildman–Crippen MR) is 78.3 cm³/mol. The molecule has 20 heavy (non-hydrogen) atoms.